The minimum Gasteiger partial charge on any atom is -0.330 e. The SMILES string of the molecule is NC[C@@H](c1ccc(Cl)cc1)c1ccc(-c2cn[nH]c2)cc1. The summed E-state index contributed by atoms with van der Waals surface area (Å²) in [6.45, 7) is 0.562. The van der Waals surface area contributed by atoms with Crippen LogP contribution in [0.2, 0.25) is 5.02 Å². The summed E-state index contributed by atoms with van der Waals surface area (Å²) in [5.41, 5.74) is 10.6. The molecule has 0 fully saturated rings. The lowest BCUT2D eigenvalue weighted by Crippen LogP contribution is -2.13. The zero-order chi connectivity index (χ0) is 14.7. The molecule has 0 spiro atoms. The fourth-order valence-electron chi connectivity index (χ4n) is 2.48. The summed E-state index contributed by atoms with van der Waals surface area (Å²) in [6.07, 6.45) is 3.70. The predicted molar refractivity (Wildman–Crippen MR) is 86.4 cm³/mol. The van der Waals surface area contributed by atoms with E-state index in [9.17, 15) is 0 Å². The number of nitrogens with zero attached hydrogens (tertiary/aromatic N) is 1. The van der Waals surface area contributed by atoms with E-state index >= 15 is 0 Å². The zero-order valence-electron chi connectivity index (χ0n) is 11.5. The van der Waals surface area contributed by atoms with Gasteiger partial charge in [0.15, 0.2) is 0 Å². The highest BCUT2D eigenvalue weighted by atomic mass is 35.5. The van der Waals surface area contributed by atoms with Crippen LogP contribution >= 0.6 is 11.6 Å². The zero-order valence-corrected chi connectivity index (χ0v) is 12.2. The van der Waals surface area contributed by atoms with Gasteiger partial charge in [-0.25, -0.2) is 0 Å². The molecule has 21 heavy (non-hydrogen) atoms. The van der Waals surface area contributed by atoms with E-state index in [1.165, 1.54) is 11.1 Å². The molecule has 3 N–H and O–H groups in total. The van der Waals surface area contributed by atoms with Gasteiger partial charge in [-0.05, 0) is 28.8 Å². The first-order chi connectivity index (χ1) is 10.3. The first-order valence-electron chi connectivity index (χ1n) is 6.82. The molecule has 0 aliphatic heterocycles. The van der Waals surface area contributed by atoms with Crippen molar-refractivity contribution in [3.63, 3.8) is 0 Å². The Hall–Kier alpha value is -2.10. The second-order valence-electron chi connectivity index (χ2n) is 4.95. The molecule has 3 nitrogen and oxygen atoms in total. The van der Waals surface area contributed by atoms with Crippen LogP contribution in [0.25, 0.3) is 11.1 Å². The van der Waals surface area contributed by atoms with Crippen molar-refractivity contribution in [3.8, 4) is 11.1 Å². The van der Waals surface area contributed by atoms with Crippen molar-refractivity contribution in [1.29, 1.82) is 0 Å². The first kappa shape index (κ1) is 13.9. The molecule has 0 bridgehead atoms. The standard InChI is InChI=1S/C17H16ClN3/c18-16-7-5-14(6-8-16)17(9-19)13-3-1-12(2-4-13)15-10-20-21-11-15/h1-8,10-11,17H,9,19H2,(H,20,21)/t17-/m1/s1. The van der Waals surface area contributed by atoms with Gasteiger partial charge in [0.25, 0.3) is 0 Å². The van der Waals surface area contributed by atoms with Crippen LogP contribution in [0.15, 0.2) is 60.9 Å². The van der Waals surface area contributed by atoms with Crippen molar-refractivity contribution < 1.29 is 0 Å². The summed E-state index contributed by atoms with van der Waals surface area (Å²) < 4.78 is 0. The topological polar surface area (TPSA) is 54.7 Å². The fraction of sp³-hybridized carbons (Fsp3) is 0.118. The van der Waals surface area contributed by atoms with Crippen LogP contribution in [-0.4, -0.2) is 16.7 Å². The number of benzene rings is 2. The third kappa shape index (κ3) is 2.99. The monoisotopic (exact) mass is 297 g/mol. The van der Waals surface area contributed by atoms with Crippen molar-refractivity contribution in [2.75, 3.05) is 6.54 Å². The lowest BCUT2D eigenvalue weighted by Gasteiger charge is -2.16. The van der Waals surface area contributed by atoms with Gasteiger partial charge in [0.2, 0.25) is 0 Å². The van der Waals surface area contributed by atoms with Gasteiger partial charge in [0.05, 0.1) is 6.20 Å². The maximum absolute atomic E-state index is 5.96. The summed E-state index contributed by atoms with van der Waals surface area (Å²) in [5.74, 6) is 0.181. The van der Waals surface area contributed by atoms with Crippen LogP contribution in [0.5, 0.6) is 0 Å². The number of nitrogens with one attached hydrogen (secondary N) is 1. The Morgan fingerprint density at radius 3 is 2.10 bits per heavy atom. The summed E-state index contributed by atoms with van der Waals surface area (Å²) in [6, 6.07) is 16.3. The molecule has 1 heterocycles. The van der Waals surface area contributed by atoms with Gasteiger partial charge in [-0.15, -0.1) is 0 Å². The number of rotatable bonds is 4. The number of hydrogen-bond acceptors (Lipinski definition) is 2. The average Bonchev–Trinajstić information content (AvgIpc) is 3.05. The largest absolute Gasteiger partial charge is 0.330 e. The number of hydrogen-bond donors (Lipinski definition) is 2. The molecule has 1 atom stereocenters. The molecule has 4 heteroatoms. The Balaban J connectivity index is 1.89. The molecule has 0 aliphatic carbocycles. The summed E-state index contributed by atoms with van der Waals surface area (Å²) in [7, 11) is 0. The van der Waals surface area contributed by atoms with E-state index in [1.807, 2.05) is 36.7 Å². The second kappa shape index (κ2) is 6.12. The molecule has 0 saturated heterocycles. The summed E-state index contributed by atoms with van der Waals surface area (Å²) >= 11 is 5.94. The molecule has 3 aromatic rings. The van der Waals surface area contributed by atoms with Gasteiger partial charge in [-0.2, -0.15) is 5.10 Å². The lowest BCUT2D eigenvalue weighted by molar-refractivity contribution is 0.819. The van der Waals surface area contributed by atoms with E-state index in [0.29, 0.717) is 6.54 Å². The van der Waals surface area contributed by atoms with Crippen LogP contribution < -0.4 is 5.73 Å². The second-order valence-corrected chi connectivity index (χ2v) is 5.39. The Bertz CT molecular complexity index is 688. The Labute approximate surface area is 128 Å². The van der Waals surface area contributed by atoms with Gasteiger partial charge in [-0.1, -0.05) is 48.0 Å². The number of halogens is 1. The summed E-state index contributed by atoms with van der Waals surface area (Å²) in [5, 5.41) is 7.54. The average molecular weight is 298 g/mol. The fourth-order valence-corrected chi connectivity index (χ4v) is 2.60. The van der Waals surface area contributed by atoms with E-state index in [1.54, 1.807) is 0 Å². The third-order valence-corrected chi connectivity index (χ3v) is 3.90. The Morgan fingerprint density at radius 1 is 0.952 bits per heavy atom. The van der Waals surface area contributed by atoms with Crippen molar-refractivity contribution in [1.82, 2.24) is 10.2 Å². The first-order valence-corrected chi connectivity index (χ1v) is 7.20. The molecule has 0 amide bonds. The Kier molecular flexibility index (Phi) is 4.04. The van der Waals surface area contributed by atoms with Crippen molar-refractivity contribution in [3.05, 3.63) is 77.1 Å². The Morgan fingerprint density at radius 2 is 1.57 bits per heavy atom. The molecule has 106 valence electrons. The van der Waals surface area contributed by atoms with Crippen LogP contribution in [0, 0.1) is 0 Å². The number of H-pyrrole nitrogens is 1. The van der Waals surface area contributed by atoms with E-state index in [4.69, 9.17) is 17.3 Å². The molecule has 0 saturated carbocycles. The number of aromatic amines is 1. The van der Waals surface area contributed by atoms with Crippen molar-refractivity contribution >= 4 is 11.6 Å². The van der Waals surface area contributed by atoms with Crippen LogP contribution in [0.4, 0.5) is 0 Å². The van der Waals surface area contributed by atoms with Gasteiger partial charge in [0, 0.05) is 29.2 Å². The smallest absolute Gasteiger partial charge is 0.0565 e. The molecule has 1 aromatic heterocycles. The van der Waals surface area contributed by atoms with Crippen LogP contribution in [0.1, 0.15) is 17.0 Å². The summed E-state index contributed by atoms with van der Waals surface area (Å²) in [4.78, 5) is 0. The molecule has 0 radical (unpaired) electrons. The van der Waals surface area contributed by atoms with E-state index in [2.05, 4.69) is 34.5 Å². The molecular formula is C17H16ClN3. The highest BCUT2D eigenvalue weighted by Crippen LogP contribution is 2.27. The number of nitrogens with two attached hydrogens (primary N) is 1. The van der Waals surface area contributed by atoms with Crippen molar-refractivity contribution in [2.45, 2.75) is 5.92 Å². The highest BCUT2D eigenvalue weighted by molar-refractivity contribution is 6.30. The van der Waals surface area contributed by atoms with Crippen LogP contribution in [-0.2, 0) is 0 Å². The van der Waals surface area contributed by atoms with Crippen LogP contribution in [0.3, 0.4) is 0 Å². The maximum atomic E-state index is 5.96. The molecule has 3 rings (SSSR count). The highest BCUT2D eigenvalue weighted by Gasteiger charge is 2.12. The molecular weight excluding hydrogens is 282 g/mol. The lowest BCUT2D eigenvalue weighted by atomic mass is 9.90. The molecule has 0 aliphatic rings. The quantitative estimate of drug-likeness (QED) is 0.769. The van der Waals surface area contributed by atoms with E-state index in [0.717, 1.165) is 16.1 Å². The number of aromatic nitrogens is 2. The minimum atomic E-state index is 0.181. The van der Waals surface area contributed by atoms with Gasteiger partial charge in [0.1, 0.15) is 0 Å². The van der Waals surface area contributed by atoms with Crippen molar-refractivity contribution in [2.24, 2.45) is 5.73 Å². The van der Waals surface area contributed by atoms with Gasteiger partial charge >= 0.3 is 0 Å². The molecule has 2 aromatic carbocycles. The van der Waals surface area contributed by atoms with E-state index < -0.39 is 0 Å². The third-order valence-electron chi connectivity index (χ3n) is 3.65. The van der Waals surface area contributed by atoms with E-state index in [-0.39, 0.29) is 5.92 Å². The van der Waals surface area contributed by atoms with Gasteiger partial charge in [-0.3, -0.25) is 5.10 Å². The molecule has 0 unspecified atom stereocenters. The normalized spacial score (nSPS) is 12.3. The predicted octanol–water partition coefficient (Wildman–Crippen LogP) is 3.82. The minimum absolute atomic E-state index is 0.181. The van der Waals surface area contributed by atoms with Gasteiger partial charge < -0.3 is 5.73 Å². The maximum Gasteiger partial charge on any atom is 0.0565 e.